The van der Waals surface area contributed by atoms with E-state index in [1.165, 1.54) is 0 Å². The average Bonchev–Trinajstić information content (AvgIpc) is 3.16. The van der Waals surface area contributed by atoms with Crippen molar-refractivity contribution in [1.82, 2.24) is 14.5 Å². The van der Waals surface area contributed by atoms with Crippen LogP contribution in [0.3, 0.4) is 0 Å². The predicted octanol–water partition coefficient (Wildman–Crippen LogP) is 5.33. The lowest BCUT2D eigenvalue weighted by Gasteiger charge is -2.21. The van der Waals surface area contributed by atoms with E-state index in [1.54, 1.807) is 17.0 Å². The summed E-state index contributed by atoms with van der Waals surface area (Å²) >= 11 is 6.02. The molecule has 2 amide bonds. The van der Waals surface area contributed by atoms with Gasteiger partial charge in [-0.3, -0.25) is 19.5 Å². The van der Waals surface area contributed by atoms with Crippen LogP contribution in [0.15, 0.2) is 54.7 Å². The Balaban J connectivity index is 1.88. The maximum atomic E-state index is 12.8. The summed E-state index contributed by atoms with van der Waals surface area (Å²) in [6, 6.07) is 15.3. The molecule has 0 atom stereocenters. The second kappa shape index (κ2) is 10.5. The molecule has 32 heavy (non-hydrogen) atoms. The molecule has 0 bridgehead atoms. The Morgan fingerprint density at radius 2 is 1.75 bits per heavy atom. The minimum Gasteiger partial charge on any atom is -0.334 e. The fraction of sp³-hybridized carbons (Fsp3) is 0.320. The molecule has 3 aromatic rings. The first-order valence-corrected chi connectivity index (χ1v) is 11.1. The van der Waals surface area contributed by atoms with E-state index < -0.39 is 0 Å². The number of hydrogen-bond donors (Lipinski definition) is 1. The molecule has 3 rings (SSSR count). The van der Waals surface area contributed by atoms with Crippen LogP contribution in [-0.2, 0) is 9.59 Å². The fourth-order valence-electron chi connectivity index (χ4n) is 3.32. The summed E-state index contributed by atoms with van der Waals surface area (Å²) in [6.07, 6.45) is 2.30. The standard InChI is InChI=1S/C25H29ClN4O2/c1-5-29(24(32)14-17(2)3)16-23(31)28-25-27-22(19-8-10-20(26)11-9-19)15-30(25)21-12-6-18(4)7-13-21/h6-13,15,17H,5,14,16H2,1-4H3,(H,27,28,31). The molecule has 0 aliphatic heterocycles. The minimum absolute atomic E-state index is 0.0148. The molecule has 2 aromatic carbocycles. The summed E-state index contributed by atoms with van der Waals surface area (Å²) < 4.78 is 1.84. The zero-order chi connectivity index (χ0) is 23.3. The minimum atomic E-state index is -0.287. The molecule has 1 heterocycles. The fourth-order valence-corrected chi connectivity index (χ4v) is 3.45. The van der Waals surface area contributed by atoms with Crippen molar-refractivity contribution in [1.29, 1.82) is 0 Å². The number of nitrogens with one attached hydrogen (secondary N) is 1. The lowest BCUT2D eigenvalue weighted by molar-refractivity contribution is -0.135. The van der Waals surface area contributed by atoms with Gasteiger partial charge < -0.3 is 4.90 Å². The zero-order valence-electron chi connectivity index (χ0n) is 18.9. The summed E-state index contributed by atoms with van der Waals surface area (Å²) in [5.74, 6) is 0.324. The SMILES string of the molecule is CCN(CC(=O)Nc1nc(-c2ccc(Cl)cc2)cn1-c1ccc(C)cc1)C(=O)CC(C)C. The topological polar surface area (TPSA) is 67.2 Å². The summed E-state index contributed by atoms with van der Waals surface area (Å²) in [6.45, 7) is 8.33. The molecule has 168 valence electrons. The second-order valence-electron chi connectivity index (χ2n) is 8.22. The number of benzene rings is 2. The summed E-state index contributed by atoms with van der Waals surface area (Å²) in [7, 11) is 0. The van der Waals surface area contributed by atoms with Crippen molar-refractivity contribution < 1.29 is 9.59 Å². The molecule has 1 N–H and O–H groups in total. The van der Waals surface area contributed by atoms with Gasteiger partial charge in [0.15, 0.2) is 0 Å². The number of rotatable bonds is 8. The van der Waals surface area contributed by atoms with Crippen LogP contribution in [0.5, 0.6) is 0 Å². The Morgan fingerprint density at radius 1 is 1.09 bits per heavy atom. The number of carbonyl (C=O) groups is 2. The van der Waals surface area contributed by atoms with E-state index in [0.717, 1.165) is 16.8 Å². The molecule has 0 radical (unpaired) electrons. The highest BCUT2D eigenvalue weighted by atomic mass is 35.5. The van der Waals surface area contributed by atoms with E-state index in [-0.39, 0.29) is 24.3 Å². The summed E-state index contributed by atoms with van der Waals surface area (Å²) in [5, 5.41) is 3.54. The van der Waals surface area contributed by atoms with Crippen LogP contribution in [0.4, 0.5) is 5.95 Å². The van der Waals surface area contributed by atoms with Crippen LogP contribution in [0.2, 0.25) is 5.02 Å². The van der Waals surface area contributed by atoms with Crippen molar-refractivity contribution >= 4 is 29.4 Å². The van der Waals surface area contributed by atoms with Gasteiger partial charge in [0.1, 0.15) is 0 Å². The maximum absolute atomic E-state index is 12.8. The monoisotopic (exact) mass is 452 g/mol. The molecule has 0 aliphatic rings. The van der Waals surface area contributed by atoms with Gasteiger partial charge in [-0.1, -0.05) is 55.3 Å². The number of imidazole rings is 1. The highest BCUT2D eigenvalue weighted by molar-refractivity contribution is 6.30. The van der Waals surface area contributed by atoms with Crippen LogP contribution < -0.4 is 5.32 Å². The first kappa shape index (κ1) is 23.5. The van der Waals surface area contributed by atoms with Crippen molar-refractivity contribution in [3.05, 3.63) is 65.3 Å². The molecule has 1 aromatic heterocycles. The van der Waals surface area contributed by atoms with Gasteiger partial charge in [0.2, 0.25) is 17.8 Å². The second-order valence-corrected chi connectivity index (χ2v) is 8.65. The molecule has 0 unspecified atom stereocenters. The van der Waals surface area contributed by atoms with E-state index in [4.69, 9.17) is 11.6 Å². The Bertz CT molecular complexity index is 1070. The van der Waals surface area contributed by atoms with Crippen molar-refractivity contribution in [3.63, 3.8) is 0 Å². The Morgan fingerprint density at radius 3 is 2.34 bits per heavy atom. The number of carbonyl (C=O) groups excluding carboxylic acids is 2. The van der Waals surface area contributed by atoms with Gasteiger partial charge >= 0.3 is 0 Å². The smallest absolute Gasteiger partial charge is 0.246 e. The van der Waals surface area contributed by atoms with E-state index in [2.05, 4.69) is 10.3 Å². The number of likely N-dealkylation sites (N-methyl/N-ethyl adjacent to an activating group) is 1. The maximum Gasteiger partial charge on any atom is 0.246 e. The number of anilines is 1. The number of amides is 2. The van der Waals surface area contributed by atoms with Crippen molar-refractivity contribution in [2.75, 3.05) is 18.4 Å². The van der Waals surface area contributed by atoms with E-state index in [9.17, 15) is 9.59 Å². The number of aromatic nitrogens is 2. The summed E-state index contributed by atoms with van der Waals surface area (Å²) in [4.78, 5) is 31.5. The van der Waals surface area contributed by atoms with Crippen LogP contribution in [0.1, 0.15) is 32.8 Å². The molecular weight excluding hydrogens is 424 g/mol. The van der Waals surface area contributed by atoms with Gasteiger partial charge in [0.05, 0.1) is 12.2 Å². The van der Waals surface area contributed by atoms with Crippen molar-refractivity contribution in [3.8, 4) is 16.9 Å². The van der Waals surface area contributed by atoms with Crippen LogP contribution in [-0.4, -0.2) is 39.4 Å². The normalized spacial score (nSPS) is 10.9. The lowest BCUT2D eigenvalue weighted by Crippen LogP contribution is -2.38. The van der Waals surface area contributed by atoms with Gasteiger partial charge in [-0.25, -0.2) is 4.98 Å². The number of aryl methyl sites for hydroxylation is 1. The van der Waals surface area contributed by atoms with E-state index in [0.29, 0.717) is 29.6 Å². The van der Waals surface area contributed by atoms with Crippen LogP contribution in [0, 0.1) is 12.8 Å². The third-order valence-electron chi connectivity index (χ3n) is 5.06. The first-order valence-electron chi connectivity index (χ1n) is 10.8. The molecule has 0 saturated carbocycles. The molecular formula is C25H29ClN4O2. The Labute approximate surface area is 194 Å². The quantitative estimate of drug-likeness (QED) is 0.502. The highest BCUT2D eigenvalue weighted by Crippen LogP contribution is 2.25. The van der Waals surface area contributed by atoms with Crippen LogP contribution >= 0.6 is 11.6 Å². The number of halogens is 1. The largest absolute Gasteiger partial charge is 0.334 e. The predicted molar refractivity (Wildman–Crippen MR) is 129 cm³/mol. The van der Waals surface area contributed by atoms with Crippen molar-refractivity contribution in [2.24, 2.45) is 5.92 Å². The third-order valence-corrected chi connectivity index (χ3v) is 5.31. The van der Waals surface area contributed by atoms with Gasteiger partial charge in [-0.05, 0) is 44.0 Å². The van der Waals surface area contributed by atoms with Crippen molar-refractivity contribution in [2.45, 2.75) is 34.1 Å². The van der Waals surface area contributed by atoms with Gasteiger partial charge in [0, 0.05) is 35.4 Å². The lowest BCUT2D eigenvalue weighted by atomic mass is 10.1. The molecule has 7 heteroatoms. The molecule has 0 saturated heterocycles. The van der Waals surface area contributed by atoms with Crippen LogP contribution in [0.25, 0.3) is 16.9 Å². The average molecular weight is 453 g/mol. The first-order chi connectivity index (χ1) is 15.3. The number of nitrogens with zero attached hydrogens (tertiary/aromatic N) is 3. The number of hydrogen-bond acceptors (Lipinski definition) is 3. The Hall–Kier alpha value is -3.12. The molecule has 0 aliphatic carbocycles. The van der Waals surface area contributed by atoms with E-state index >= 15 is 0 Å². The summed E-state index contributed by atoms with van der Waals surface area (Å²) in [5.41, 5.74) is 3.61. The van der Waals surface area contributed by atoms with Gasteiger partial charge in [-0.15, -0.1) is 0 Å². The van der Waals surface area contributed by atoms with Gasteiger partial charge in [-0.2, -0.15) is 0 Å². The molecule has 0 spiro atoms. The molecule has 0 fully saturated rings. The van der Waals surface area contributed by atoms with E-state index in [1.807, 2.05) is 74.9 Å². The molecule has 6 nitrogen and oxygen atoms in total. The van der Waals surface area contributed by atoms with Gasteiger partial charge in [0.25, 0.3) is 0 Å². The highest BCUT2D eigenvalue weighted by Gasteiger charge is 2.19. The Kier molecular flexibility index (Phi) is 7.70. The third kappa shape index (κ3) is 5.98. The zero-order valence-corrected chi connectivity index (χ0v) is 19.7.